The number of halogens is 1. The Hall–Kier alpha value is -3.81. The molecule has 0 saturated heterocycles. The largest absolute Gasteiger partial charge is 0.493 e. The van der Waals surface area contributed by atoms with Gasteiger partial charge in [-0.1, -0.05) is 29.8 Å². The van der Waals surface area contributed by atoms with Crippen LogP contribution in [0, 0.1) is 0 Å². The number of hydrogen-bond acceptors (Lipinski definition) is 6. The molecule has 6 nitrogen and oxygen atoms in total. The maximum Gasteiger partial charge on any atom is 0.250 e. The number of thiazole rings is 1. The minimum atomic E-state index is -0.274. The van der Waals surface area contributed by atoms with Crippen LogP contribution in [0.25, 0.3) is 17.3 Å². The third-order valence-corrected chi connectivity index (χ3v) is 6.19. The van der Waals surface area contributed by atoms with Gasteiger partial charge in [0.15, 0.2) is 16.6 Å². The Kier molecular flexibility index (Phi) is 8.82. The van der Waals surface area contributed by atoms with Crippen LogP contribution < -0.4 is 19.5 Å². The summed E-state index contributed by atoms with van der Waals surface area (Å²) in [6, 6.07) is 20.7. The van der Waals surface area contributed by atoms with Crippen LogP contribution in [0.5, 0.6) is 17.2 Å². The van der Waals surface area contributed by atoms with Gasteiger partial charge in [0, 0.05) is 22.0 Å². The molecule has 37 heavy (non-hydrogen) atoms. The molecule has 0 bridgehead atoms. The van der Waals surface area contributed by atoms with Crippen LogP contribution in [-0.4, -0.2) is 24.1 Å². The summed E-state index contributed by atoms with van der Waals surface area (Å²) >= 11 is 7.30. The van der Waals surface area contributed by atoms with Crippen molar-refractivity contribution in [3.05, 3.63) is 94.3 Å². The van der Waals surface area contributed by atoms with E-state index in [0.29, 0.717) is 28.3 Å². The van der Waals surface area contributed by atoms with Crippen molar-refractivity contribution in [2.75, 3.05) is 12.4 Å². The second-order valence-corrected chi connectivity index (χ2v) is 9.67. The summed E-state index contributed by atoms with van der Waals surface area (Å²) in [7, 11) is 1.58. The number of aromatic nitrogens is 1. The van der Waals surface area contributed by atoms with Gasteiger partial charge in [0.1, 0.15) is 12.4 Å². The van der Waals surface area contributed by atoms with E-state index in [1.165, 1.54) is 17.4 Å². The molecule has 1 amide bonds. The number of nitrogens with one attached hydrogen (secondary N) is 1. The zero-order chi connectivity index (χ0) is 26.2. The molecule has 0 atom stereocenters. The van der Waals surface area contributed by atoms with Crippen molar-refractivity contribution in [2.45, 2.75) is 26.6 Å². The van der Waals surface area contributed by atoms with Crippen molar-refractivity contribution < 1.29 is 19.0 Å². The molecule has 0 spiro atoms. The fourth-order valence-corrected chi connectivity index (χ4v) is 4.26. The van der Waals surface area contributed by atoms with Crippen LogP contribution in [-0.2, 0) is 11.4 Å². The number of carbonyl (C=O) groups excluding carboxylic acids is 1. The Labute approximate surface area is 225 Å². The normalized spacial score (nSPS) is 11.1. The van der Waals surface area contributed by atoms with E-state index in [1.54, 1.807) is 13.2 Å². The summed E-state index contributed by atoms with van der Waals surface area (Å²) in [5, 5.41) is 5.93. The van der Waals surface area contributed by atoms with Gasteiger partial charge in [0.05, 0.1) is 18.9 Å². The van der Waals surface area contributed by atoms with E-state index in [1.807, 2.05) is 86.0 Å². The maximum atomic E-state index is 12.5. The molecule has 0 aliphatic rings. The molecule has 1 heterocycles. The molecule has 1 N–H and O–H groups in total. The Morgan fingerprint density at radius 2 is 1.81 bits per heavy atom. The number of rotatable bonds is 10. The number of hydrogen-bond donors (Lipinski definition) is 1. The molecular formula is C29H27ClN2O4S. The van der Waals surface area contributed by atoms with Crippen LogP contribution in [0.4, 0.5) is 5.13 Å². The van der Waals surface area contributed by atoms with Crippen molar-refractivity contribution in [1.82, 2.24) is 4.98 Å². The average Bonchev–Trinajstić information content (AvgIpc) is 3.35. The first-order chi connectivity index (χ1) is 17.9. The highest BCUT2D eigenvalue weighted by molar-refractivity contribution is 7.14. The highest BCUT2D eigenvalue weighted by atomic mass is 35.5. The van der Waals surface area contributed by atoms with Gasteiger partial charge in [-0.3, -0.25) is 10.1 Å². The summed E-state index contributed by atoms with van der Waals surface area (Å²) in [4.78, 5) is 17.0. The first-order valence-electron chi connectivity index (χ1n) is 11.7. The van der Waals surface area contributed by atoms with Crippen molar-refractivity contribution in [3.8, 4) is 28.5 Å². The molecule has 190 valence electrons. The third kappa shape index (κ3) is 7.59. The van der Waals surface area contributed by atoms with Crippen molar-refractivity contribution in [3.63, 3.8) is 0 Å². The minimum absolute atomic E-state index is 0.118. The number of carbonyl (C=O) groups is 1. The molecular weight excluding hydrogens is 508 g/mol. The minimum Gasteiger partial charge on any atom is -0.493 e. The smallest absolute Gasteiger partial charge is 0.250 e. The van der Waals surface area contributed by atoms with E-state index < -0.39 is 0 Å². The van der Waals surface area contributed by atoms with Crippen LogP contribution in [0.2, 0.25) is 5.02 Å². The number of amides is 1. The van der Waals surface area contributed by atoms with Gasteiger partial charge < -0.3 is 14.2 Å². The van der Waals surface area contributed by atoms with Gasteiger partial charge in [-0.2, -0.15) is 0 Å². The SMILES string of the molecule is COc1cc(/C=C/C(=O)Nc2nc(-c3ccc(OC(C)C)cc3)cs2)ccc1OCc1ccc(Cl)cc1. The van der Waals surface area contributed by atoms with E-state index in [4.69, 9.17) is 25.8 Å². The zero-order valence-corrected chi connectivity index (χ0v) is 22.3. The van der Waals surface area contributed by atoms with E-state index in [0.717, 1.165) is 28.1 Å². The number of anilines is 1. The second-order valence-electron chi connectivity index (χ2n) is 8.38. The van der Waals surface area contributed by atoms with Gasteiger partial charge >= 0.3 is 0 Å². The quantitative estimate of drug-likeness (QED) is 0.213. The molecule has 4 aromatic rings. The average molecular weight is 535 g/mol. The molecule has 4 rings (SSSR count). The molecule has 3 aromatic carbocycles. The standard InChI is InChI=1S/C29H27ClN2O4S/c1-19(2)36-24-12-8-22(9-13-24)25-18-37-29(31-25)32-28(33)15-7-20-6-14-26(27(16-20)34-3)35-17-21-4-10-23(30)11-5-21/h4-16,18-19H,17H2,1-3H3,(H,31,32,33)/b15-7+. The number of methoxy groups -OCH3 is 1. The van der Waals surface area contributed by atoms with Gasteiger partial charge in [-0.15, -0.1) is 11.3 Å². The molecule has 0 saturated carbocycles. The van der Waals surface area contributed by atoms with Crippen LogP contribution in [0.15, 0.2) is 78.2 Å². The summed E-state index contributed by atoms with van der Waals surface area (Å²) in [5.41, 5.74) is 3.54. The topological polar surface area (TPSA) is 69.7 Å². The molecule has 0 unspecified atom stereocenters. The van der Waals surface area contributed by atoms with E-state index in [9.17, 15) is 4.79 Å². The first kappa shape index (κ1) is 26.3. The summed E-state index contributed by atoms with van der Waals surface area (Å²) < 4.78 is 17.0. The monoisotopic (exact) mass is 534 g/mol. The predicted molar refractivity (Wildman–Crippen MR) is 150 cm³/mol. The lowest BCUT2D eigenvalue weighted by Crippen LogP contribution is -2.07. The Bertz CT molecular complexity index is 1370. The molecule has 1 aromatic heterocycles. The van der Waals surface area contributed by atoms with Gasteiger partial charge in [-0.05, 0) is 79.6 Å². The zero-order valence-electron chi connectivity index (χ0n) is 20.7. The van der Waals surface area contributed by atoms with E-state index in [-0.39, 0.29) is 12.0 Å². The Balaban J connectivity index is 1.34. The molecule has 8 heteroatoms. The number of benzene rings is 3. The Morgan fingerprint density at radius 3 is 2.51 bits per heavy atom. The van der Waals surface area contributed by atoms with Crippen LogP contribution in [0.3, 0.4) is 0 Å². The molecule has 0 aliphatic heterocycles. The second kappa shape index (κ2) is 12.4. The molecule has 0 aliphatic carbocycles. The van der Waals surface area contributed by atoms with Crippen LogP contribution >= 0.6 is 22.9 Å². The molecule has 0 radical (unpaired) electrons. The fraction of sp³-hybridized carbons (Fsp3) is 0.172. The summed E-state index contributed by atoms with van der Waals surface area (Å²) in [5.74, 6) is 1.72. The van der Waals surface area contributed by atoms with E-state index >= 15 is 0 Å². The van der Waals surface area contributed by atoms with Crippen molar-refractivity contribution in [1.29, 1.82) is 0 Å². The lowest BCUT2D eigenvalue weighted by atomic mass is 10.2. The lowest BCUT2D eigenvalue weighted by molar-refractivity contribution is -0.111. The van der Waals surface area contributed by atoms with Crippen molar-refractivity contribution in [2.24, 2.45) is 0 Å². The predicted octanol–water partition coefficient (Wildman–Crippen LogP) is 7.49. The van der Waals surface area contributed by atoms with Crippen molar-refractivity contribution >= 4 is 40.1 Å². The van der Waals surface area contributed by atoms with Gasteiger partial charge in [-0.25, -0.2) is 4.98 Å². The highest BCUT2D eigenvalue weighted by Crippen LogP contribution is 2.30. The summed E-state index contributed by atoms with van der Waals surface area (Å²) in [6.45, 7) is 4.36. The highest BCUT2D eigenvalue weighted by Gasteiger charge is 2.09. The van der Waals surface area contributed by atoms with Gasteiger partial charge in [0.25, 0.3) is 0 Å². The van der Waals surface area contributed by atoms with Crippen LogP contribution in [0.1, 0.15) is 25.0 Å². The van der Waals surface area contributed by atoms with Gasteiger partial charge in [0.2, 0.25) is 5.91 Å². The lowest BCUT2D eigenvalue weighted by Gasteiger charge is -2.11. The fourth-order valence-electron chi connectivity index (χ4n) is 3.41. The summed E-state index contributed by atoms with van der Waals surface area (Å²) in [6.07, 6.45) is 3.29. The van der Waals surface area contributed by atoms with E-state index in [2.05, 4.69) is 10.3 Å². The number of nitrogens with zero attached hydrogens (tertiary/aromatic N) is 1. The third-order valence-electron chi connectivity index (χ3n) is 5.18. The maximum absolute atomic E-state index is 12.5. The number of ether oxygens (including phenoxy) is 3. The molecule has 0 fully saturated rings. The Morgan fingerprint density at radius 1 is 1.05 bits per heavy atom. The first-order valence-corrected chi connectivity index (χ1v) is 12.9.